The van der Waals surface area contributed by atoms with E-state index in [4.69, 9.17) is 5.73 Å². The van der Waals surface area contributed by atoms with E-state index in [1.807, 2.05) is 0 Å². The fourth-order valence-corrected chi connectivity index (χ4v) is 3.18. The van der Waals surface area contributed by atoms with Crippen LogP contribution >= 0.6 is 0 Å². The van der Waals surface area contributed by atoms with E-state index in [1.165, 1.54) is 19.0 Å². The molecule has 1 aromatic rings. The summed E-state index contributed by atoms with van der Waals surface area (Å²) < 4.78 is 26.7. The van der Waals surface area contributed by atoms with Crippen molar-refractivity contribution in [2.75, 3.05) is 19.6 Å². The summed E-state index contributed by atoms with van der Waals surface area (Å²) in [7, 11) is -3.42. The van der Waals surface area contributed by atoms with E-state index in [0.29, 0.717) is 24.8 Å². The van der Waals surface area contributed by atoms with Crippen LogP contribution in [0.5, 0.6) is 0 Å². The number of nitrogens with zero attached hydrogens (tertiary/aromatic N) is 1. The molecule has 1 saturated carbocycles. The number of sulfonamides is 1. The first kappa shape index (κ1) is 14.5. The van der Waals surface area contributed by atoms with E-state index in [0.717, 1.165) is 13.1 Å². The molecule has 0 aromatic carbocycles. The molecule has 108 valence electrons. The monoisotopic (exact) mass is 286 g/mol. The van der Waals surface area contributed by atoms with E-state index < -0.39 is 10.0 Å². The van der Waals surface area contributed by atoms with Gasteiger partial charge in [-0.2, -0.15) is 0 Å². The van der Waals surface area contributed by atoms with Gasteiger partial charge in [-0.25, -0.2) is 13.1 Å². The molecule has 0 unspecified atom stereocenters. The van der Waals surface area contributed by atoms with Gasteiger partial charge in [-0.1, -0.05) is 6.92 Å². The van der Waals surface area contributed by atoms with Gasteiger partial charge in [0.2, 0.25) is 10.0 Å². The number of nitrogens with one attached hydrogen (secondary N) is 2. The Morgan fingerprint density at radius 1 is 1.53 bits per heavy atom. The van der Waals surface area contributed by atoms with Gasteiger partial charge in [0.05, 0.1) is 4.90 Å². The Morgan fingerprint density at radius 3 is 2.79 bits per heavy atom. The maximum absolute atomic E-state index is 12.0. The van der Waals surface area contributed by atoms with Crippen molar-refractivity contribution >= 4 is 10.0 Å². The Morgan fingerprint density at radius 2 is 2.26 bits per heavy atom. The van der Waals surface area contributed by atoms with E-state index >= 15 is 0 Å². The lowest BCUT2D eigenvalue weighted by molar-refractivity contribution is 0.282. The van der Waals surface area contributed by atoms with Crippen molar-refractivity contribution in [2.24, 2.45) is 5.73 Å². The van der Waals surface area contributed by atoms with E-state index in [-0.39, 0.29) is 4.90 Å². The predicted molar refractivity (Wildman–Crippen MR) is 74.1 cm³/mol. The average Bonchev–Trinajstić information content (AvgIpc) is 3.10. The zero-order valence-electron chi connectivity index (χ0n) is 11.2. The number of aromatic amines is 1. The Kier molecular flexibility index (Phi) is 4.62. The lowest BCUT2D eigenvalue weighted by Gasteiger charge is -2.19. The molecule has 1 aliphatic rings. The number of aromatic nitrogens is 1. The smallest absolute Gasteiger partial charge is 0.242 e. The van der Waals surface area contributed by atoms with Crippen molar-refractivity contribution in [3.8, 4) is 0 Å². The molecule has 1 fully saturated rings. The minimum Gasteiger partial charge on any atom is -0.363 e. The van der Waals surface area contributed by atoms with Crippen LogP contribution in [0, 0.1) is 0 Å². The Hall–Kier alpha value is -0.890. The summed E-state index contributed by atoms with van der Waals surface area (Å²) in [4.78, 5) is 5.41. The van der Waals surface area contributed by atoms with Crippen LogP contribution in [-0.4, -0.2) is 44.0 Å². The maximum Gasteiger partial charge on any atom is 0.242 e. The van der Waals surface area contributed by atoms with Crippen molar-refractivity contribution < 1.29 is 8.42 Å². The summed E-state index contributed by atoms with van der Waals surface area (Å²) in [6.45, 7) is 4.57. The standard InChI is InChI=1S/C12H22N4O2S/c1-2-16(11-3-4-11)6-5-15-19(17,18)12-7-10(8-13)14-9-12/h7,9,11,14-15H,2-6,8,13H2,1H3. The minimum atomic E-state index is -3.42. The highest BCUT2D eigenvalue weighted by molar-refractivity contribution is 7.89. The number of likely N-dealkylation sites (N-methyl/N-ethyl adjacent to an activating group) is 1. The van der Waals surface area contributed by atoms with E-state index in [2.05, 4.69) is 21.5 Å². The zero-order valence-corrected chi connectivity index (χ0v) is 12.0. The highest BCUT2D eigenvalue weighted by Crippen LogP contribution is 2.25. The van der Waals surface area contributed by atoms with Crippen molar-refractivity contribution in [1.82, 2.24) is 14.6 Å². The van der Waals surface area contributed by atoms with Gasteiger partial charge in [-0.15, -0.1) is 0 Å². The van der Waals surface area contributed by atoms with Crippen LogP contribution in [0.2, 0.25) is 0 Å². The first-order chi connectivity index (χ1) is 9.06. The van der Waals surface area contributed by atoms with Crippen LogP contribution in [0.4, 0.5) is 0 Å². The van der Waals surface area contributed by atoms with Gasteiger partial charge in [0.1, 0.15) is 0 Å². The SMILES string of the molecule is CCN(CCNS(=O)(=O)c1c[nH]c(CN)c1)C1CC1. The summed E-state index contributed by atoms with van der Waals surface area (Å²) >= 11 is 0. The second-order valence-corrected chi connectivity index (χ2v) is 6.59. The van der Waals surface area contributed by atoms with Gasteiger partial charge in [-0.05, 0) is 25.5 Å². The third kappa shape index (κ3) is 3.79. The third-order valence-electron chi connectivity index (χ3n) is 3.41. The molecule has 1 heterocycles. The molecule has 0 atom stereocenters. The van der Waals surface area contributed by atoms with E-state index in [9.17, 15) is 8.42 Å². The molecule has 0 amide bonds. The normalized spacial score (nSPS) is 16.2. The fraction of sp³-hybridized carbons (Fsp3) is 0.667. The summed E-state index contributed by atoms with van der Waals surface area (Å²) in [5, 5.41) is 0. The number of H-pyrrole nitrogens is 1. The second kappa shape index (κ2) is 6.04. The Labute approximate surface area is 114 Å². The van der Waals surface area contributed by atoms with Crippen LogP contribution in [0.15, 0.2) is 17.2 Å². The van der Waals surface area contributed by atoms with Crippen LogP contribution in [0.3, 0.4) is 0 Å². The molecule has 1 aliphatic carbocycles. The minimum absolute atomic E-state index is 0.252. The number of nitrogens with two attached hydrogens (primary N) is 1. The molecule has 1 aromatic heterocycles. The average molecular weight is 286 g/mol. The molecule has 0 spiro atoms. The van der Waals surface area contributed by atoms with Crippen LogP contribution < -0.4 is 10.5 Å². The van der Waals surface area contributed by atoms with Gasteiger partial charge in [0.25, 0.3) is 0 Å². The summed E-state index contributed by atoms with van der Waals surface area (Å²) in [6, 6.07) is 2.23. The quantitative estimate of drug-likeness (QED) is 0.638. The molecule has 0 bridgehead atoms. The molecule has 4 N–H and O–H groups in total. The van der Waals surface area contributed by atoms with Crippen LogP contribution in [-0.2, 0) is 16.6 Å². The summed E-state index contributed by atoms with van der Waals surface area (Å²) in [6.07, 6.45) is 3.94. The van der Waals surface area contributed by atoms with Crippen LogP contribution in [0.1, 0.15) is 25.5 Å². The van der Waals surface area contributed by atoms with Gasteiger partial charge in [0, 0.05) is 37.6 Å². The van der Waals surface area contributed by atoms with Crippen molar-refractivity contribution in [3.63, 3.8) is 0 Å². The summed E-state index contributed by atoms with van der Waals surface area (Å²) in [5.41, 5.74) is 6.17. The fourth-order valence-electron chi connectivity index (χ4n) is 2.14. The molecule has 0 saturated heterocycles. The van der Waals surface area contributed by atoms with Gasteiger partial charge in [-0.3, -0.25) is 4.90 Å². The molecular formula is C12H22N4O2S. The van der Waals surface area contributed by atoms with Crippen molar-refractivity contribution in [2.45, 2.75) is 37.2 Å². The number of hydrogen-bond donors (Lipinski definition) is 3. The molecular weight excluding hydrogens is 264 g/mol. The molecule has 19 heavy (non-hydrogen) atoms. The van der Waals surface area contributed by atoms with Gasteiger partial charge >= 0.3 is 0 Å². The molecule has 0 radical (unpaired) electrons. The van der Waals surface area contributed by atoms with Crippen molar-refractivity contribution in [3.05, 3.63) is 18.0 Å². The second-order valence-electron chi connectivity index (χ2n) is 4.82. The van der Waals surface area contributed by atoms with E-state index in [1.54, 1.807) is 6.07 Å². The first-order valence-corrected chi connectivity index (χ1v) is 8.16. The number of hydrogen-bond acceptors (Lipinski definition) is 4. The number of rotatable bonds is 8. The molecule has 0 aliphatic heterocycles. The van der Waals surface area contributed by atoms with Crippen molar-refractivity contribution in [1.29, 1.82) is 0 Å². The molecule has 7 heteroatoms. The Balaban J connectivity index is 1.86. The third-order valence-corrected chi connectivity index (χ3v) is 4.85. The molecule has 2 rings (SSSR count). The predicted octanol–water partition coefficient (Wildman–Crippen LogP) is 0.236. The van der Waals surface area contributed by atoms with Gasteiger partial charge in [0.15, 0.2) is 0 Å². The topological polar surface area (TPSA) is 91.2 Å². The molecule has 6 nitrogen and oxygen atoms in total. The van der Waals surface area contributed by atoms with Gasteiger partial charge < -0.3 is 10.7 Å². The first-order valence-electron chi connectivity index (χ1n) is 6.68. The largest absolute Gasteiger partial charge is 0.363 e. The Bertz CT molecular complexity index is 508. The van der Waals surface area contributed by atoms with Crippen LogP contribution in [0.25, 0.3) is 0 Å². The highest BCUT2D eigenvalue weighted by Gasteiger charge is 2.27. The summed E-state index contributed by atoms with van der Waals surface area (Å²) in [5.74, 6) is 0. The lowest BCUT2D eigenvalue weighted by atomic mass is 10.4. The maximum atomic E-state index is 12.0. The lowest BCUT2D eigenvalue weighted by Crippen LogP contribution is -2.36. The zero-order chi connectivity index (χ0) is 13.9. The highest BCUT2D eigenvalue weighted by atomic mass is 32.2.